The molecule has 1 nitrogen and oxygen atoms in total. The normalized spacial score (nSPS) is 19.3. The lowest BCUT2D eigenvalue weighted by molar-refractivity contribution is 0.286. The molecule has 2 N–H and O–H groups in total. The van der Waals surface area contributed by atoms with Crippen molar-refractivity contribution in [2.24, 2.45) is 5.73 Å². The van der Waals surface area contributed by atoms with Crippen molar-refractivity contribution in [3.63, 3.8) is 0 Å². The van der Waals surface area contributed by atoms with Crippen molar-refractivity contribution in [3.05, 3.63) is 35.1 Å². The lowest BCUT2D eigenvalue weighted by atomic mass is 9.69. The Labute approximate surface area is 98.8 Å². The minimum atomic E-state index is -1.39. The lowest BCUT2D eigenvalue weighted by Gasteiger charge is -2.37. The van der Waals surface area contributed by atoms with Crippen LogP contribution in [0, 0.1) is 17.5 Å². The van der Waals surface area contributed by atoms with Gasteiger partial charge in [-0.25, -0.2) is 13.2 Å². The first kappa shape index (κ1) is 12.4. The van der Waals surface area contributed by atoms with Crippen LogP contribution in [0.3, 0.4) is 0 Å². The second kappa shape index (κ2) is 4.69. The van der Waals surface area contributed by atoms with Crippen LogP contribution in [0.15, 0.2) is 12.1 Å². The molecule has 1 saturated carbocycles. The average Bonchev–Trinajstić information content (AvgIpc) is 2.37. The Morgan fingerprint density at radius 3 is 2.24 bits per heavy atom. The van der Waals surface area contributed by atoms with Crippen LogP contribution in [0.2, 0.25) is 0 Å². The highest BCUT2D eigenvalue weighted by Gasteiger charge is 2.36. The molecule has 1 aromatic carbocycles. The summed E-state index contributed by atoms with van der Waals surface area (Å²) in [6.45, 7) is 0.273. The molecule has 17 heavy (non-hydrogen) atoms. The van der Waals surface area contributed by atoms with Gasteiger partial charge in [0.25, 0.3) is 0 Å². The summed E-state index contributed by atoms with van der Waals surface area (Å²) in [5, 5.41) is 0. The first-order valence-electron chi connectivity index (χ1n) is 5.95. The molecule has 0 bridgehead atoms. The maximum atomic E-state index is 13.8. The number of nitrogens with two attached hydrogens (primary N) is 1. The Kier molecular flexibility index (Phi) is 3.43. The molecule has 1 aliphatic rings. The lowest BCUT2D eigenvalue weighted by Crippen LogP contribution is -2.38. The Hall–Kier alpha value is -1.03. The van der Waals surface area contributed by atoms with Crippen LogP contribution in [0.1, 0.15) is 37.7 Å². The van der Waals surface area contributed by atoms with Crippen molar-refractivity contribution in [2.75, 3.05) is 6.54 Å². The van der Waals surface area contributed by atoms with E-state index in [9.17, 15) is 13.2 Å². The molecule has 0 atom stereocenters. The Morgan fingerprint density at radius 2 is 1.65 bits per heavy atom. The highest BCUT2D eigenvalue weighted by molar-refractivity contribution is 5.30. The smallest absolute Gasteiger partial charge is 0.194 e. The van der Waals surface area contributed by atoms with Gasteiger partial charge in [-0.2, -0.15) is 0 Å². The average molecular weight is 243 g/mol. The van der Waals surface area contributed by atoms with E-state index < -0.39 is 22.9 Å². The van der Waals surface area contributed by atoms with Crippen LogP contribution in [-0.2, 0) is 5.41 Å². The van der Waals surface area contributed by atoms with Crippen molar-refractivity contribution in [2.45, 2.75) is 37.5 Å². The molecule has 1 fully saturated rings. The zero-order valence-electron chi connectivity index (χ0n) is 9.61. The number of halogens is 3. The number of hydrogen-bond acceptors (Lipinski definition) is 1. The van der Waals surface area contributed by atoms with E-state index in [0.717, 1.165) is 38.2 Å². The summed E-state index contributed by atoms with van der Waals surface area (Å²) in [5.41, 5.74) is 5.46. The van der Waals surface area contributed by atoms with E-state index in [4.69, 9.17) is 5.73 Å². The summed E-state index contributed by atoms with van der Waals surface area (Å²) in [4.78, 5) is 0. The van der Waals surface area contributed by atoms with E-state index in [-0.39, 0.29) is 12.1 Å². The van der Waals surface area contributed by atoms with Gasteiger partial charge < -0.3 is 5.73 Å². The van der Waals surface area contributed by atoms with Crippen molar-refractivity contribution in [1.29, 1.82) is 0 Å². The van der Waals surface area contributed by atoms with Crippen LogP contribution in [0.4, 0.5) is 13.2 Å². The highest BCUT2D eigenvalue weighted by Crippen LogP contribution is 2.40. The Bertz CT molecular complexity index is 411. The molecule has 1 aromatic rings. The summed E-state index contributed by atoms with van der Waals surface area (Å²) in [7, 11) is 0. The molecule has 0 unspecified atom stereocenters. The topological polar surface area (TPSA) is 26.0 Å². The number of rotatable bonds is 2. The zero-order valence-corrected chi connectivity index (χ0v) is 9.61. The largest absolute Gasteiger partial charge is 0.330 e. The van der Waals surface area contributed by atoms with Gasteiger partial charge >= 0.3 is 0 Å². The van der Waals surface area contributed by atoms with E-state index in [2.05, 4.69) is 0 Å². The standard InChI is InChI=1S/C13H16F3N/c14-10-5-4-9(11(15)12(10)16)13(8-17)6-2-1-3-7-13/h4-5H,1-3,6-8,17H2. The summed E-state index contributed by atoms with van der Waals surface area (Å²) < 4.78 is 40.0. The first-order valence-corrected chi connectivity index (χ1v) is 5.95. The Balaban J connectivity index is 2.47. The molecule has 2 rings (SSSR count). The molecule has 0 spiro atoms. The minimum Gasteiger partial charge on any atom is -0.330 e. The van der Waals surface area contributed by atoms with Crippen LogP contribution in [0.25, 0.3) is 0 Å². The van der Waals surface area contributed by atoms with E-state index in [1.165, 1.54) is 6.07 Å². The van der Waals surface area contributed by atoms with Crippen molar-refractivity contribution in [1.82, 2.24) is 0 Å². The summed E-state index contributed by atoms with van der Waals surface area (Å²) in [5.74, 6) is -3.60. The van der Waals surface area contributed by atoms with Gasteiger partial charge in [0.1, 0.15) is 0 Å². The summed E-state index contributed by atoms with van der Waals surface area (Å²) in [6, 6.07) is 2.33. The fraction of sp³-hybridized carbons (Fsp3) is 0.538. The van der Waals surface area contributed by atoms with Gasteiger partial charge in [-0.3, -0.25) is 0 Å². The number of benzene rings is 1. The van der Waals surface area contributed by atoms with Gasteiger partial charge in [-0.1, -0.05) is 25.3 Å². The van der Waals surface area contributed by atoms with Crippen LogP contribution < -0.4 is 5.73 Å². The quantitative estimate of drug-likeness (QED) is 0.793. The van der Waals surface area contributed by atoms with Crippen molar-refractivity contribution >= 4 is 0 Å². The molecular weight excluding hydrogens is 227 g/mol. The molecule has 94 valence electrons. The van der Waals surface area contributed by atoms with Gasteiger partial charge in [0.2, 0.25) is 0 Å². The first-order chi connectivity index (χ1) is 8.10. The van der Waals surface area contributed by atoms with E-state index >= 15 is 0 Å². The van der Waals surface area contributed by atoms with Crippen LogP contribution in [0.5, 0.6) is 0 Å². The molecule has 0 aliphatic heterocycles. The summed E-state index contributed by atoms with van der Waals surface area (Å²) in [6.07, 6.45) is 4.48. The van der Waals surface area contributed by atoms with Gasteiger partial charge in [-0.05, 0) is 24.5 Å². The molecule has 1 aliphatic carbocycles. The zero-order chi connectivity index (χ0) is 12.5. The van der Waals surface area contributed by atoms with Crippen molar-refractivity contribution in [3.8, 4) is 0 Å². The maximum absolute atomic E-state index is 13.8. The van der Waals surface area contributed by atoms with Crippen molar-refractivity contribution < 1.29 is 13.2 Å². The molecule has 0 radical (unpaired) electrons. The molecular formula is C13H16F3N. The summed E-state index contributed by atoms with van der Waals surface area (Å²) >= 11 is 0. The molecule has 0 saturated heterocycles. The molecule has 0 heterocycles. The fourth-order valence-corrected chi connectivity index (χ4v) is 2.75. The third kappa shape index (κ3) is 2.06. The second-order valence-electron chi connectivity index (χ2n) is 4.77. The SMILES string of the molecule is NCC1(c2ccc(F)c(F)c2F)CCCCC1. The van der Waals surface area contributed by atoms with E-state index in [0.29, 0.717) is 0 Å². The van der Waals surface area contributed by atoms with Gasteiger partial charge in [-0.15, -0.1) is 0 Å². The van der Waals surface area contributed by atoms with Gasteiger partial charge in [0, 0.05) is 12.0 Å². The predicted octanol–water partition coefficient (Wildman–Crippen LogP) is 3.26. The van der Waals surface area contributed by atoms with Crippen LogP contribution >= 0.6 is 0 Å². The maximum Gasteiger partial charge on any atom is 0.194 e. The van der Waals surface area contributed by atoms with Crippen LogP contribution in [-0.4, -0.2) is 6.54 Å². The molecule has 4 heteroatoms. The molecule has 0 amide bonds. The van der Waals surface area contributed by atoms with E-state index in [1.807, 2.05) is 0 Å². The number of hydrogen-bond donors (Lipinski definition) is 1. The monoisotopic (exact) mass is 243 g/mol. The van der Waals surface area contributed by atoms with E-state index in [1.54, 1.807) is 0 Å². The fourth-order valence-electron chi connectivity index (χ4n) is 2.75. The van der Waals surface area contributed by atoms with Gasteiger partial charge in [0.15, 0.2) is 17.5 Å². The Morgan fingerprint density at radius 1 is 1.00 bits per heavy atom. The minimum absolute atomic E-state index is 0.235. The second-order valence-corrected chi connectivity index (χ2v) is 4.77. The highest BCUT2D eigenvalue weighted by atomic mass is 19.2. The third-order valence-corrected chi connectivity index (χ3v) is 3.81. The third-order valence-electron chi connectivity index (χ3n) is 3.81. The predicted molar refractivity (Wildman–Crippen MR) is 60.1 cm³/mol. The van der Waals surface area contributed by atoms with Gasteiger partial charge in [0.05, 0.1) is 0 Å². The molecule has 0 aromatic heterocycles.